The van der Waals surface area contributed by atoms with Crippen molar-refractivity contribution in [3.8, 4) is 0 Å². The fourth-order valence-corrected chi connectivity index (χ4v) is 3.06. The van der Waals surface area contributed by atoms with E-state index in [4.69, 9.17) is 0 Å². The Morgan fingerprint density at radius 3 is 2.52 bits per heavy atom. The maximum atomic E-state index is 12.8. The first kappa shape index (κ1) is 17.5. The summed E-state index contributed by atoms with van der Waals surface area (Å²) < 4.78 is 38.5. The topological polar surface area (TPSA) is 49.8 Å². The average Bonchev–Trinajstić information content (AvgIpc) is 2.54. The Balaban J connectivity index is 1.76. The van der Waals surface area contributed by atoms with Crippen molar-refractivity contribution in [3.63, 3.8) is 0 Å². The van der Waals surface area contributed by atoms with Gasteiger partial charge in [-0.3, -0.25) is 0 Å². The lowest BCUT2D eigenvalue weighted by Crippen LogP contribution is -2.23. The number of hydrogen-bond acceptors (Lipinski definition) is 4. The Hall–Kier alpha value is -2.31. The fraction of sp³-hybridized carbons (Fsp3) is 0.444. The first-order chi connectivity index (χ1) is 11.9. The lowest BCUT2D eigenvalue weighted by Gasteiger charge is -2.23. The molecule has 2 aromatic rings. The zero-order valence-corrected chi connectivity index (χ0v) is 14.0. The van der Waals surface area contributed by atoms with Crippen LogP contribution in [-0.2, 0) is 6.18 Å². The van der Waals surface area contributed by atoms with Crippen LogP contribution in [0.4, 0.5) is 30.6 Å². The van der Waals surface area contributed by atoms with E-state index in [1.54, 1.807) is 6.07 Å². The Morgan fingerprint density at radius 1 is 1.04 bits per heavy atom. The summed E-state index contributed by atoms with van der Waals surface area (Å²) >= 11 is 0. The van der Waals surface area contributed by atoms with Gasteiger partial charge in [-0.05, 0) is 38.0 Å². The second-order valence-electron chi connectivity index (χ2n) is 6.40. The van der Waals surface area contributed by atoms with E-state index in [2.05, 4.69) is 20.6 Å². The molecule has 134 valence electrons. The molecule has 1 aliphatic carbocycles. The molecule has 1 heterocycles. The lowest BCUT2D eigenvalue weighted by molar-refractivity contribution is -0.137. The molecule has 0 spiro atoms. The van der Waals surface area contributed by atoms with Gasteiger partial charge in [0.05, 0.1) is 5.56 Å². The SMILES string of the molecule is Cc1cc(NC2CCCCC2)nc(Nc2cccc(C(F)(F)F)c2)n1. The first-order valence-corrected chi connectivity index (χ1v) is 8.47. The van der Waals surface area contributed by atoms with Crippen LogP contribution in [0, 0.1) is 6.92 Å². The predicted molar refractivity (Wildman–Crippen MR) is 92.0 cm³/mol. The van der Waals surface area contributed by atoms with Gasteiger partial charge in [0.15, 0.2) is 0 Å². The van der Waals surface area contributed by atoms with Gasteiger partial charge >= 0.3 is 6.18 Å². The number of hydrogen-bond donors (Lipinski definition) is 2. The Labute approximate surface area is 144 Å². The lowest BCUT2D eigenvalue weighted by atomic mass is 9.95. The molecule has 1 aliphatic rings. The highest BCUT2D eigenvalue weighted by Crippen LogP contribution is 2.31. The van der Waals surface area contributed by atoms with Crippen molar-refractivity contribution in [1.82, 2.24) is 9.97 Å². The van der Waals surface area contributed by atoms with Crippen LogP contribution >= 0.6 is 0 Å². The molecule has 25 heavy (non-hydrogen) atoms. The number of aromatic nitrogens is 2. The Kier molecular flexibility index (Phi) is 5.11. The van der Waals surface area contributed by atoms with Crippen LogP contribution in [0.25, 0.3) is 0 Å². The largest absolute Gasteiger partial charge is 0.416 e. The zero-order valence-electron chi connectivity index (χ0n) is 14.0. The van der Waals surface area contributed by atoms with Gasteiger partial charge in [-0.15, -0.1) is 0 Å². The van der Waals surface area contributed by atoms with Crippen LogP contribution in [0.3, 0.4) is 0 Å². The van der Waals surface area contributed by atoms with Gasteiger partial charge in [0.2, 0.25) is 5.95 Å². The molecule has 0 unspecified atom stereocenters. The predicted octanol–water partition coefficient (Wildman–Crippen LogP) is 5.29. The van der Waals surface area contributed by atoms with E-state index in [1.807, 2.05) is 13.0 Å². The molecular formula is C18H21F3N4. The highest BCUT2D eigenvalue weighted by molar-refractivity contribution is 5.56. The quantitative estimate of drug-likeness (QED) is 0.786. The van der Waals surface area contributed by atoms with Crippen molar-refractivity contribution >= 4 is 17.5 Å². The van der Waals surface area contributed by atoms with Crippen LogP contribution in [0.2, 0.25) is 0 Å². The monoisotopic (exact) mass is 350 g/mol. The van der Waals surface area contributed by atoms with E-state index in [0.29, 0.717) is 17.5 Å². The summed E-state index contributed by atoms with van der Waals surface area (Å²) in [6.45, 7) is 1.84. The van der Waals surface area contributed by atoms with Crippen molar-refractivity contribution in [2.24, 2.45) is 0 Å². The summed E-state index contributed by atoms with van der Waals surface area (Å²) in [5, 5.41) is 6.29. The summed E-state index contributed by atoms with van der Waals surface area (Å²) in [4.78, 5) is 8.67. The third-order valence-corrected chi connectivity index (χ3v) is 4.26. The van der Waals surface area contributed by atoms with Crippen LogP contribution in [0.15, 0.2) is 30.3 Å². The van der Waals surface area contributed by atoms with E-state index >= 15 is 0 Å². The molecule has 0 saturated heterocycles. The highest BCUT2D eigenvalue weighted by atomic mass is 19.4. The van der Waals surface area contributed by atoms with Gasteiger partial charge in [-0.1, -0.05) is 25.3 Å². The minimum Gasteiger partial charge on any atom is -0.367 e. The zero-order chi connectivity index (χ0) is 17.9. The van der Waals surface area contributed by atoms with Crippen LogP contribution in [0.5, 0.6) is 0 Å². The molecule has 0 atom stereocenters. The van der Waals surface area contributed by atoms with E-state index in [9.17, 15) is 13.2 Å². The van der Waals surface area contributed by atoms with Crippen LogP contribution in [-0.4, -0.2) is 16.0 Å². The van der Waals surface area contributed by atoms with E-state index < -0.39 is 11.7 Å². The molecule has 1 aromatic carbocycles. The molecule has 1 saturated carbocycles. The molecule has 4 nitrogen and oxygen atoms in total. The van der Waals surface area contributed by atoms with Gasteiger partial charge in [0.1, 0.15) is 5.82 Å². The maximum absolute atomic E-state index is 12.8. The average molecular weight is 350 g/mol. The van der Waals surface area contributed by atoms with Crippen molar-refractivity contribution in [2.75, 3.05) is 10.6 Å². The third-order valence-electron chi connectivity index (χ3n) is 4.26. The van der Waals surface area contributed by atoms with Gasteiger partial charge < -0.3 is 10.6 Å². The molecule has 1 aromatic heterocycles. The minimum atomic E-state index is -4.38. The number of nitrogens with zero attached hydrogens (tertiary/aromatic N) is 2. The second-order valence-corrected chi connectivity index (χ2v) is 6.40. The molecule has 7 heteroatoms. The summed E-state index contributed by atoms with van der Waals surface area (Å²) in [6, 6.07) is 7.27. The van der Waals surface area contributed by atoms with Crippen molar-refractivity contribution < 1.29 is 13.2 Å². The van der Waals surface area contributed by atoms with Crippen molar-refractivity contribution in [1.29, 1.82) is 0 Å². The third kappa shape index (κ3) is 4.84. The summed E-state index contributed by atoms with van der Waals surface area (Å²) in [7, 11) is 0. The molecule has 0 aliphatic heterocycles. The summed E-state index contributed by atoms with van der Waals surface area (Å²) in [6.07, 6.45) is 1.52. The number of halogens is 3. The molecule has 2 N–H and O–H groups in total. The van der Waals surface area contributed by atoms with Crippen molar-refractivity contribution in [2.45, 2.75) is 51.2 Å². The number of alkyl halides is 3. The molecule has 0 bridgehead atoms. The number of nitrogens with one attached hydrogen (secondary N) is 2. The minimum absolute atomic E-state index is 0.289. The van der Waals surface area contributed by atoms with E-state index in [0.717, 1.165) is 30.7 Å². The molecular weight excluding hydrogens is 329 g/mol. The van der Waals surface area contributed by atoms with Crippen LogP contribution in [0.1, 0.15) is 43.4 Å². The molecule has 3 rings (SSSR count). The standard InChI is InChI=1S/C18H21F3N4/c1-12-10-16(23-14-7-3-2-4-8-14)25-17(22-12)24-15-9-5-6-13(11-15)18(19,20)21/h5-6,9-11,14H,2-4,7-8H2,1H3,(H2,22,23,24,25). The fourth-order valence-electron chi connectivity index (χ4n) is 3.06. The Morgan fingerprint density at radius 2 is 1.80 bits per heavy atom. The highest BCUT2D eigenvalue weighted by Gasteiger charge is 2.30. The summed E-state index contributed by atoms with van der Waals surface area (Å²) in [5.74, 6) is 0.992. The second kappa shape index (κ2) is 7.29. The number of anilines is 3. The number of aryl methyl sites for hydroxylation is 1. The Bertz CT molecular complexity index is 725. The smallest absolute Gasteiger partial charge is 0.367 e. The number of rotatable bonds is 4. The summed E-state index contributed by atoms with van der Waals surface area (Å²) in [5.41, 5.74) is 0.359. The molecule has 1 fully saturated rings. The number of benzene rings is 1. The van der Waals surface area contributed by atoms with Gasteiger partial charge in [0, 0.05) is 23.5 Å². The van der Waals surface area contributed by atoms with Gasteiger partial charge in [0.25, 0.3) is 0 Å². The van der Waals surface area contributed by atoms with E-state index in [-0.39, 0.29) is 5.95 Å². The van der Waals surface area contributed by atoms with Gasteiger partial charge in [-0.25, -0.2) is 4.98 Å². The van der Waals surface area contributed by atoms with Crippen LogP contribution < -0.4 is 10.6 Å². The maximum Gasteiger partial charge on any atom is 0.416 e. The molecule has 0 radical (unpaired) electrons. The van der Waals surface area contributed by atoms with Gasteiger partial charge in [-0.2, -0.15) is 18.2 Å². The molecule has 0 amide bonds. The normalized spacial score (nSPS) is 15.8. The van der Waals surface area contributed by atoms with E-state index in [1.165, 1.54) is 25.3 Å². The first-order valence-electron chi connectivity index (χ1n) is 8.47. The van der Waals surface area contributed by atoms with Crippen molar-refractivity contribution in [3.05, 3.63) is 41.6 Å².